The molecule has 1 aliphatic heterocycles. The largest absolute Gasteiger partial charge is 0.417 e. The Labute approximate surface area is 149 Å². The van der Waals surface area contributed by atoms with E-state index in [1.54, 1.807) is 12.1 Å². The first-order valence-electron chi connectivity index (χ1n) is 6.99. The third kappa shape index (κ3) is 3.91. The summed E-state index contributed by atoms with van der Waals surface area (Å²) in [6.07, 6.45) is -4.62. The van der Waals surface area contributed by atoms with Crippen LogP contribution in [-0.2, 0) is 11.0 Å². The highest BCUT2D eigenvalue weighted by Crippen LogP contribution is 2.36. The molecule has 0 aromatic heterocycles. The van der Waals surface area contributed by atoms with Crippen LogP contribution < -0.4 is 10.6 Å². The van der Waals surface area contributed by atoms with Gasteiger partial charge in [-0.3, -0.25) is 9.59 Å². The van der Waals surface area contributed by atoms with Crippen LogP contribution in [0.25, 0.3) is 0 Å². The molecule has 2 aromatic rings. The highest BCUT2D eigenvalue weighted by atomic mass is 35.5. The van der Waals surface area contributed by atoms with Crippen LogP contribution in [0.5, 0.6) is 0 Å². The first kappa shape index (κ1) is 17.6. The molecule has 9 heteroatoms. The second-order valence-electron chi connectivity index (χ2n) is 5.19. The monoisotopic (exact) mass is 386 g/mol. The summed E-state index contributed by atoms with van der Waals surface area (Å²) in [5.41, 5.74) is -0.343. The zero-order valence-electron chi connectivity index (χ0n) is 12.4. The summed E-state index contributed by atoms with van der Waals surface area (Å²) in [6.45, 7) is 0. The Hall–Kier alpha value is -2.19. The molecule has 0 bridgehead atoms. The van der Waals surface area contributed by atoms with Crippen LogP contribution in [-0.4, -0.2) is 17.6 Å². The minimum Gasteiger partial charge on any atom is -0.324 e. The topological polar surface area (TPSA) is 58.2 Å². The van der Waals surface area contributed by atoms with Gasteiger partial charge in [0.25, 0.3) is 5.91 Å². The molecule has 2 amide bonds. The van der Waals surface area contributed by atoms with Crippen molar-refractivity contribution in [3.05, 3.63) is 52.5 Å². The Morgan fingerprint density at radius 2 is 1.96 bits per heavy atom. The standard InChI is InChI=1S/C16H10ClF3N2O2S/c17-11-3-2-9(6-10(11)16(18,19)20)21-15(24)8-1-4-13-12(5-8)22-14(23)7-25-13/h1-6H,7H2,(H,21,24)(H,22,23). The van der Waals surface area contributed by atoms with Gasteiger partial charge in [0, 0.05) is 16.1 Å². The summed E-state index contributed by atoms with van der Waals surface area (Å²) >= 11 is 6.90. The molecule has 0 atom stereocenters. The number of amides is 2. The highest BCUT2D eigenvalue weighted by Gasteiger charge is 2.33. The minimum absolute atomic E-state index is 0.0298. The number of hydrogen-bond acceptors (Lipinski definition) is 3. The summed E-state index contributed by atoms with van der Waals surface area (Å²) in [7, 11) is 0. The molecular weight excluding hydrogens is 377 g/mol. The number of fused-ring (bicyclic) bond motifs is 1. The SMILES string of the molecule is O=C1CSc2ccc(C(=O)Nc3ccc(Cl)c(C(F)(F)F)c3)cc2N1. The number of nitrogens with one attached hydrogen (secondary N) is 2. The first-order chi connectivity index (χ1) is 11.7. The normalized spacial score (nSPS) is 13.8. The van der Waals surface area contributed by atoms with E-state index >= 15 is 0 Å². The fourth-order valence-electron chi connectivity index (χ4n) is 2.25. The Kier molecular flexibility index (Phi) is 4.66. The van der Waals surface area contributed by atoms with Gasteiger partial charge in [-0.05, 0) is 36.4 Å². The van der Waals surface area contributed by atoms with Crippen LogP contribution >= 0.6 is 23.4 Å². The van der Waals surface area contributed by atoms with Crippen molar-refractivity contribution in [1.82, 2.24) is 0 Å². The molecule has 0 saturated heterocycles. The Balaban J connectivity index is 1.83. The van der Waals surface area contributed by atoms with Crippen LogP contribution in [0.3, 0.4) is 0 Å². The van der Waals surface area contributed by atoms with Gasteiger partial charge in [0.15, 0.2) is 0 Å². The van der Waals surface area contributed by atoms with E-state index in [1.165, 1.54) is 23.9 Å². The van der Waals surface area contributed by atoms with E-state index in [9.17, 15) is 22.8 Å². The van der Waals surface area contributed by atoms with Crippen molar-refractivity contribution in [3.63, 3.8) is 0 Å². The van der Waals surface area contributed by atoms with Gasteiger partial charge < -0.3 is 10.6 Å². The number of anilines is 2. The van der Waals surface area contributed by atoms with Gasteiger partial charge in [-0.25, -0.2) is 0 Å². The lowest BCUT2D eigenvalue weighted by Gasteiger charge is -2.17. The van der Waals surface area contributed by atoms with Crippen LogP contribution in [0.1, 0.15) is 15.9 Å². The number of hydrogen-bond donors (Lipinski definition) is 2. The number of rotatable bonds is 2. The van der Waals surface area contributed by atoms with Crippen molar-refractivity contribution in [1.29, 1.82) is 0 Å². The lowest BCUT2D eigenvalue weighted by atomic mass is 10.1. The molecule has 4 nitrogen and oxygen atoms in total. The smallest absolute Gasteiger partial charge is 0.324 e. The van der Waals surface area contributed by atoms with Gasteiger partial charge in [-0.1, -0.05) is 11.6 Å². The van der Waals surface area contributed by atoms with Crippen molar-refractivity contribution in [2.75, 3.05) is 16.4 Å². The molecule has 130 valence electrons. The summed E-state index contributed by atoms with van der Waals surface area (Å²) in [6, 6.07) is 7.83. The van der Waals surface area contributed by atoms with Gasteiger partial charge in [0.05, 0.1) is 22.0 Å². The van der Waals surface area contributed by atoms with Gasteiger partial charge in [-0.2, -0.15) is 13.2 Å². The number of thioether (sulfide) groups is 1. The van der Waals surface area contributed by atoms with Crippen LogP contribution in [0.2, 0.25) is 5.02 Å². The molecule has 0 fully saturated rings. The Morgan fingerprint density at radius 1 is 1.20 bits per heavy atom. The fourth-order valence-corrected chi connectivity index (χ4v) is 3.26. The van der Waals surface area contributed by atoms with Crippen LogP contribution in [0.4, 0.5) is 24.5 Å². The van der Waals surface area contributed by atoms with Crippen molar-refractivity contribution in [3.8, 4) is 0 Å². The Morgan fingerprint density at radius 3 is 2.68 bits per heavy atom. The van der Waals surface area contributed by atoms with Crippen LogP contribution in [0, 0.1) is 0 Å². The average Bonchev–Trinajstić information content (AvgIpc) is 2.54. The molecule has 1 heterocycles. The quantitative estimate of drug-likeness (QED) is 0.789. The molecule has 0 aliphatic carbocycles. The molecule has 0 unspecified atom stereocenters. The minimum atomic E-state index is -4.62. The van der Waals surface area contributed by atoms with Gasteiger partial charge in [-0.15, -0.1) is 11.8 Å². The van der Waals surface area contributed by atoms with E-state index in [4.69, 9.17) is 11.6 Å². The van der Waals surface area contributed by atoms with E-state index in [2.05, 4.69) is 10.6 Å². The molecule has 0 radical (unpaired) electrons. The zero-order chi connectivity index (χ0) is 18.2. The second-order valence-corrected chi connectivity index (χ2v) is 6.62. The van der Waals surface area contributed by atoms with Gasteiger partial charge in [0.2, 0.25) is 5.91 Å². The maximum Gasteiger partial charge on any atom is 0.417 e. The highest BCUT2D eigenvalue weighted by molar-refractivity contribution is 8.00. The molecule has 25 heavy (non-hydrogen) atoms. The first-order valence-corrected chi connectivity index (χ1v) is 8.35. The molecule has 0 spiro atoms. The molecule has 1 aliphatic rings. The molecule has 0 saturated carbocycles. The maximum absolute atomic E-state index is 12.9. The second kappa shape index (κ2) is 6.61. The van der Waals surface area contributed by atoms with Gasteiger partial charge >= 0.3 is 6.18 Å². The predicted octanol–water partition coefficient (Wildman–Crippen LogP) is 4.66. The third-order valence-electron chi connectivity index (χ3n) is 3.40. The number of carbonyl (C=O) groups excluding carboxylic acids is 2. The molecule has 2 aromatic carbocycles. The van der Waals surface area contributed by atoms with Gasteiger partial charge in [0.1, 0.15) is 0 Å². The number of carbonyl (C=O) groups is 2. The van der Waals surface area contributed by atoms with E-state index in [0.29, 0.717) is 11.4 Å². The lowest BCUT2D eigenvalue weighted by Crippen LogP contribution is -2.20. The van der Waals surface area contributed by atoms with E-state index in [-0.39, 0.29) is 17.2 Å². The summed E-state index contributed by atoms with van der Waals surface area (Å²) in [4.78, 5) is 24.5. The third-order valence-corrected chi connectivity index (χ3v) is 4.81. The number of benzene rings is 2. The molecular formula is C16H10ClF3N2O2S. The summed E-state index contributed by atoms with van der Waals surface area (Å²) < 4.78 is 38.6. The van der Waals surface area contributed by atoms with E-state index in [1.807, 2.05) is 0 Å². The predicted molar refractivity (Wildman–Crippen MR) is 90.2 cm³/mol. The fraction of sp³-hybridized carbons (Fsp3) is 0.125. The van der Waals surface area contributed by atoms with Crippen LogP contribution in [0.15, 0.2) is 41.3 Å². The Bertz CT molecular complexity index is 871. The van der Waals surface area contributed by atoms with Crippen molar-refractivity contribution in [2.24, 2.45) is 0 Å². The molecule has 2 N–H and O–H groups in total. The van der Waals surface area contributed by atoms with E-state index in [0.717, 1.165) is 17.0 Å². The maximum atomic E-state index is 12.9. The zero-order valence-corrected chi connectivity index (χ0v) is 14.0. The van der Waals surface area contributed by atoms with Crippen molar-refractivity contribution in [2.45, 2.75) is 11.1 Å². The number of halogens is 4. The summed E-state index contributed by atoms with van der Waals surface area (Å²) in [5, 5.41) is 4.60. The van der Waals surface area contributed by atoms with Crippen molar-refractivity contribution < 1.29 is 22.8 Å². The number of alkyl halides is 3. The lowest BCUT2D eigenvalue weighted by molar-refractivity contribution is -0.137. The summed E-state index contributed by atoms with van der Waals surface area (Å²) in [5.74, 6) is -0.477. The van der Waals surface area contributed by atoms with E-state index < -0.39 is 22.7 Å². The average molecular weight is 387 g/mol. The molecule has 3 rings (SSSR count). The van der Waals surface area contributed by atoms with Crippen molar-refractivity contribution >= 4 is 46.6 Å².